The number of ether oxygens (including phenoxy) is 1. The molecule has 1 fully saturated rings. The summed E-state index contributed by atoms with van der Waals surface area (Å²) in [5.41, 5.74) is 3.18. The van der Waals surface area contributed by atoms with E-state index in [1.54, 1.807) is 18.5 Å². The highest BCUT2D eigenvalue weighted by Crippen LogP contribution is 2.31. The van der Waals surface area contributed by atoms with Crippen molar-refractivity contribution in [2.45, 2.75) is 52.6 Å². The fraction of sp³-hybridized carbons (Fsp3) is 0.519. The molecule has 3 heterocycles. The van der Waals surface area contributed by atoms with Gasteiger partial charge in [0.15, 0.2) is 11.4 Å². The lowest BCUT2D eigenvalue weighted by Gasteiger charge is -2.17. The number of nitrogens with zero attached hydrogens (tertiary/aromatic N) is 2. The molecule has 0 spiro atoms. The first-order valence-corrected chi connectivity index (χ1v) is 14.4. The Labute approximate surface area is 217 Å². The molecule has 10 heteroatoms. The fourth-order valence-corrected chi connectivity index (χ4v) is 6.09. The van der Waals surface area contributed by atoms with Crippen molar-refractivity contribution in [3.8, 4) is 17.0 Å². The Morgan fingerprint density at radius 1 is 1.22 bits per heavy atom. The predicted octanol–water partition coefficient (Wildman–Crippen LogP) is 3.34. The Morgan fingerprint density at radius 3 is 2.73 bits per heavy atom. The van der Waals surface area contributed by atoms with Gasteiger partial charge in [-0.3, -0.25) is 4.79 Å². The molecule has 200 valence electrons. The van der Waals surface area contributed by atoms with Crippen LogP contribution in [0.15, 0.2) is 30.6 Å². The third kappa shape index (κ3) is 6.74. The number of aromatic nitrogens is 3. The van der Waals surface area contributed by atoms with Gasteiger partial charge in [0.05, 0.1) is 35.6 Å². The topological polar surface area (TPSA) is 142 Å². The van der Waals surface area contributed by atoms with Crippen molar-refractivity contribution in [3.63, 3.8) is 0 Å². The molecule has 0 amide bonds. The molecule has 9 nitrogen and oxygen atoms in total. The molecule has 1 aliphatic rings. The molecule has 37 heavy (non-hydrogen) atoms. The van der Waals surface area contributed by atoms with Crippen LogP contribution in [0.4, 0.5) is 0 Å². The normalized spacial score (nSPS) is 18.9. The van der Waals surface area contributed by atoms with Crippen molar-refractivity contribution in [1.82, 2.24) is 15.0 Å². The minimum atomic E-state index is -2.99. The average molecular weight is 530 g/mol. The first-order valence-electron chi connectivity index (χ1n) is 12.6. The largest absolute Gasteiger partial charge is 0.491 e. The molecule has 0 bridgehead atoms. The average Bonchev–Trinajstić information content (AvgIpc) is 3.19. The van der Waals surface area contributed by atoms with Crippen molar-refractivity contribution < 1.29 is 28.2 Å². The SMILES string of the molecule is CC(C)(C)C(=O)c1c[nH]c2ncc(-c3cc(CC4CCCS(=O)(=O)CC4)cc(OCC(O)CO)c3)nc12. The van der Waals surface area contributed by atoms with Crippen molar-refractivity contribution in [2.75, 3.05) is 24.7 Å². The number of hydrogen-bond donors (Lipinski definition) is 3. The Balaban J connectivity index is 1.70. The van der Waals surface area contributed by atoms with E-state index < -0.39 is 28.0 Å². The third-order valence-corrected chi connectivity index (χ3v) is 8.42. The number of carbonyl (C=O) groups is 1. The molecule has 1 aliphatic heterocycles. The summed E-state index contributed by atoms with van der Waals surface area (Å²) >= 11 is 0. The number of aromatic amines is 1. The van der Waals surface area contributed by atoms with Crippen LogP contribution in [-0.2, 0) is 16.3 Å². The number of H-pyrrole nitrogens is 1. The smallest absolute Gasteiger partial charge is 0.171 e. The fourth-order valence-electron chi connectivity index (χ4n) is 4.58. The van der Waals surface area contributed by atoms with E-state index in [4.69, 9.17) is 14.8 Å². The van der Waals surface area contributed by atoms with Gasteiger partial charge >= 0.3 is 0 Å². The van der Waals surface area contributed by atoms with Gasteiger partial charge in [0, 0.05) is 17.2 Å². The van der Waals surface area contributed by atoms with Gasteiger partial charge in [-0.25, -0.2) is 18.4 Å². The number of Topliss-reactive ketones (excluding diaryl/α,β-unsaturated/α-hetero) is 1. The molecule has 2 aromatic heterocycles. The zero-order chi connectivity index (χ0) is 26.8. The Morgan fingerprint density at radius 2 is 2.00 bits per heavy atom. The summed E-state index contributed by atoms with van der Waals surface area (Å²) in [6.45, 7) is 5.09. The Kier molecular flexibility index (Phi) is 8.01. The quantitative estimate of drug-likeness (QED) is 0.377. The molecule has 0 aliphatic carbocycles. The lowest BCUT2D eigenvalue weighted by molar-refractivity contribution is 0.0536. The van der Waals surface area contributed by atoms with Crippen LogP contribution in [0.25, 0.3) is 22.4 Å². The number of carbonyl (C=O) groups excluding carboxylic acids is 1. The maximum Gasteiger partial charge on any atom is 0.171 e. The number of ketones is 1. The Bertz CT molecular complexity index is 1380. The van der Waals surface area contributed by atoms with Crippen molar-refractivity contribution in [1.29, 1.82) is 0 Å². The van der Waals surface area contributed by atoms with Crippen LogP contribution in [0.3, 0.4) is 0 Å². The van der Waals surface area contributed by atoms with Gasteiger partial charge in [-0.05, 0) is 55.4 Å². The van der Waals surface area contributed by atoms with Crippen LogP contribution in [0.1, 0.15) is 56.0 Å². The predicted molar refractivity (Wildman–Crippen MR) is 141 cm³/mol. The van der Waals surface area contributed by atoms with Crippen LogP contribution >= 0.6 is 0 Å². The second-order valence-corrected chi connectivity index (χ2v) is 13.2. The van der Waals surface area contributed by atoms with E-state index in [-0.39, 0.29) is 29.8 Å². The summed E-state index contributed by atoms with van der Waals surface area (Å²) in [5, 5.41) is 18.9. The van der Waals surface area contributed by atoms with E-state index >= 15 is 0 Å². The molecule has 0 radical (unpaired) electrons. The molecular weight excluding hydrogens is 494 g/mol. The van der Waals surface area contributed by atoms with Crippen LogP contribution in [0, 0.1) is 11.3 Å². The number of aliphatic hydroxyl groups excluding tert-OH is 2. The molecular formula is C27H35N3O6S. The van der Waals surface area contributed by atoms with Crippen LogP contribution in [0.5, 0.6) is 5.75 Å². The van der Waals surface area contributed by atoms with Gasteiger partial charge in [-0.15, -0.1) is 0 Å². The Hall–Kier alpha value is -2.82. The number of benzene rings is 1. The molecule has 1 aromatic carbocycles. The maximum absolute atomic E-state index is 13.0. The molecule has 1 saturated heterocycles. The number of sulfone groups is 1. The molecule has 3 N–H and O–H groups in total. The van der Waals surface area contributed by atoms with Gasteiger partial charge in [-0.1, -0.05) is 20.8 Å². The molecule has 0 saturated carbocycles. The van der Waals surface area contributed by atoms with E-state index in [1.807, 2.05) is 32.9 Å². The molecule has 3 aromatic rings. The lowest BCUT2D eigenvalue weighted by Crippen LogP contribution is -2.21. The number of nitrogens with one attached hydrogen (secondary N) is 1. The summed E-state index contributed by atoms with van der Waals surface area (Å²) in [6, 6.07) is 5.66. The summed E-state index contributed by atoms with van der Waals surface area (Å²) in [7, 11) is -2.99. The summed E-state index contributed by atoms with van der Waals surface area (Å²) in [4.78, 5) is 25.3. The standard InChI is InChI=1S/C27H35N3O6S/c1-27(2,3)25(33)22-13-28-26-24(22)30-23(14-29-26)19-10-18(11-21(12-19)36-16-20(32)15-31)9-17-5-4-7-37(34,35)8-6-17/h10-14,17,20,31-32H,4-9,15-16H2,1-3H3,(H,28,29). The van der Waals surface area contributed by atoms with Gasteiger partial charge < -0.3 is 19.9 Å². The van der Waals surface area contributed by atoms with E-state index in [0.717, 1.165) is 17.5 Å². The van der Waals surface area contributed by atoms with E-state index in [1.165, 1.54) is 0 Å². The molecule has 2 atom stereocenters. The summed E-state index contributed by atoms with van der Waals surface area (Å²) < 4.78 is 29.9. The van der Waals surface area contributed by atoms with Crippen LogP contribution in [0.2, 0.25) is 0 Å². The third-order valence-electron chi connectivity index (χ3n) is 6.65. The van der Waals surface area contributed by atoms with E-state index in [0.29, 0.717) is 47.4 Å². The van der Waals surface area contributed by atoms with Crippen molar-refractivity contribution in [3.05, 3.63) is 41.7 Å². The number of rotatable bonds is 8. The first kappa shape index (κ1) is 27.2. The minimum Gasteiger partial charge on any atom is -0.491 e. The highest BCUT2D eigenvalue weighted by atomic mass is 32.2. The van der Waals surface area contributed by atoms with Crippen molar-refractivity contribution in [2.24, 2.45) is 11.3 Å². The van der Waals surface area contributed by atoms with Gasteiger partial charge in [0.1, 0.15) is 33.8 Å². The number of fused-ring (bicyclic) bond motifs is 1. The second kappa shape index (κ2) is 10.9. The van der Waals surface area contributed by atoms with Crippen molar-refractivity contribution >= 4 is 26.8 Å². The molecule has 2 unspecified atom stereocenters. The minimum absolute atomic E-state index is 0.0377. The van der Waals surface area contributed by atoms with Gasteiger partial charge in [0.2, 0.25) is 0 Å². The highest BCUT2D eigenvalue weighted by Gasteiger charge is 2.27. The summed E-state index contributed by atoms with van der Waals surface area (Å²) in [6.07, 6.45) is 5.03. The monoisotopic (exact) mass is 529 g/mol. The zero-order valence-corrected chi connectivity index (χ0v) is 22.3. The maximum atomic E-state index is 13.0. The van der Waals surface area contributed by atoms with Crippen LogP contribution in [-0.4, -0.2) is 70.2 Å². The van der Waals surface area contributed by atoms with Crippen LogP contribution < -0.4 is 4.74 Å². The first-order chi connectivity index (χ1) is 17.4. The summed E-state index contributed by atoms with van der Waals surface area (Å²) in [5.74, 6) is 1.12. The highest BCUT2D eigenvalue weighted by molar-refractivity contribution is 7.91. The van der Waals surface area contributed by atoms with E-state index in [9.17, 15) is 18.3 Å². The lowest BCUT2D eigenvalue weighted by atomic mass is 9.87. The van der Waals surface area contributed by atoms with Gasteiger partial charge in [-0.2, -0.15) is 0 Å². The number of hydrogen-bond acceptors (Lipinski definition) is 8. The molecule has 4 rings (SSSR count). The van der Waals surface area contributed by atoms with Gasteiger partial charge in [0.25, 0.3) is 0 Å². The zero-order valence-electron chi connectivity index (χ0n) is 21.5. The second-order valence-electron chi connectivity index (χ2n) is 10.9. The van der Waals surface area contributed by atoms with E-state index in [2.05, 4.69) is 9.97 Å². The number of aliphatic hydroxyl groups is 2.